The second kappa shape index (κ2) is 10.8. The van der Waals surface area contributed by atoms with Crippen LogP contribution in [-0.2, 0) is 16.0 Å². The zero-order valence-corrected chi connectivity index (χ0v) is 16.4. The van der Waals surface area contributed by atoms with Crippen molar-refractivity contribution < 1.29 is 19.1 Å². The number of aryl methyl sites for hydroxylation is 1. The Morgan fingerprint density at radius 1 is 0.964 bits per heavy atom. The number of amides is 2. The summed E-state index contributed by atoms with van der Waals surface area (Å²) in [4.78, 5) is 23.9. The molecule has 2 amide bonds. The number of carbonyl (C=O) groups excluding carboxylic acids is 2. The number of carbonyl (C=O) groups is 2. The fourth-order valence-electron chi connectivity index (χ4n) is 2.34. The number of nitrogens with one attached hydrogen (secondary N) is 2. The molecule has 6 heteroatoms. The van der Waals surface area contributed by atoms with Crippen molar-refractivity contribution in [3.05, 3.63) is 65.7 Å². The van der Waals surface area contributed by atoms with Crippen LogP contribution in [0.5, 0.6) is 11.5 Å². The van der Waals surface area contributed by atoms with Crippen LogP contribution in [0, 0.1) is 0 Å². The van der Waals surface area contributed by atoms with Crippen molar-refractivity contribution in [2.45, 2.75) is 33.3 Å². The monoisotopic (exact) mass is 382 g/mol. The Bertz CT molecular complexity index is 798. The number of ether oxygens (including phenoxy) is 2. The molecule has 2 rings (SSSR count). The summed E-state index contributed by atoms with van der Waals surface area (Å²) in [6.07, 6.45) is 3.23. The van der Waals surface area contributed by atoms with Gasteiger partial charge < -0.3 is 9.47 Å². The van der Waals surface area contributed by atoms with E-state index in [0.717, 1.165) is 17.7 Å². The van der Waals surface area contributed by atoms with Crippen LogP contribution < -0.4 is 20.3 Å². The molecule has 0 aliphatic heterocycles. The van der Waals surface area contributed by atoms with Crippen LogP contribution in [0.25, 0.3) is 6.08 Å². The molecule has 2 aromatic rings. The van der Waals surface area contributed by atoms with Crippen LogP contribution in [0.1, 0.15) is 31.9 Å². The summed E-state index contributed by atoms with van der Waals surface area (Å²) in [7, 11) is 0. The Balaban J connectivity index is 1.78. The van der Waals surface area contributed by atoms with Crippen molar-refractivity contribution in [1.82, 2.24) is 10.9 Å². The summed E-state index contributed by atoms with van der Waals surface area (Å²) in [5, 5.41) is 0. The lowest BCUT2D eigenvalue weighted by molar-refractivity contribution is -0.131. The normalized spacial score (nSPS) is 11.7. The van der Waals surface area contributed by atoms with Gasteiger partial charge in [0, 0.05) is 6.08 Å². The SMILES string of the molecule is CCOc1ccc(O[C@@H](C)C(=O)NNC(=O)/C=C/c2ccc(CC)cc2)cc1. The van der Waals surface area contributed by atoms with Crippen LogP contribution in [-0.4, -0.2) is 24.5 Å². The quantitative estimate of drug-likeness (QED) is 0.543. The minimum absolute atomic E-state index is 0.429. The van der Waals surface area contributed by atoms with Gasteiger partial charge in [0.15, 0.2) is 6.10 Å². The Hall–Kier alpha value is -3.28. The maximum absolute atomic E-state index is 12.1. The Morgan fingerprint density at radius 3 is 2.21 bits per heavy atom. The summed E-state index contributed by atoms with van der Waals surface area (Å²) in [5.74, 6) is 0.382. The molecule has 1 atom stereocenters. The Morgan fingerprint density at radius 2 is 1.61 bits per heavy atom. The smallest absolute Gasteiger partial charge is 0.279 e. The number of hydrogen-bond donors (Lipinski definition) is 2. The second-order valence-electron chi connectivity index (χ2n) is 6.07. The maximum atomic E-state index is 12.1. The molecule has 0 unspecified atom stereocenters. The molecule has 0 fully saturated rings. The van der Waals surface area contributed by atoms with Gasteiger partial charge in [-0.25, -0.2) is 0 Å². The lowest BCUT2D eigenvalue weighted by Crippen LogP contribution is -2.46. The maximum Gasteiger partial charge on any atom is 0.279 e. The van der Waals surface area contributed by atoms with Gasteiger partial charge in [-0.3, -0.25) is 20.4 Å². The third-order valence-corrected chi connectivity index (χ3v) is 3.94. The van der Waals surface area contributed by atoms with Gasteiger partial charge in [0.05, 0.1) is 6.61 Å². The van der Waals surface area contributed by atoms with Crippen LogP contribution in [0.2, 0.25) is 0 Å². The van der Waals surface area contributed by atoms with E-state index in [0.29, 0.717) is 12.4 Å². The summed E-state index contributed by atoms with van der Waals surface area (Å²) in [6.45, 7) is 6.17. The fourth-order valence-corrected chi connectivity index (χ4v) is 2.34. The first kappa shape index (κ1) is 21.0. The third kappa shape index (κ3) is 6.79. The minimum atomic E-state index is -0.774. The highest BCUT2D eigenvalue weighted by atomic mass is 16.5. The van der Waals surface area contributed by atoms with E-state index in [1.165, 1.54) is 11.6 Å². The van der Waals surface area contributed by atoms with Gasteiger partial charge in [0.1, 0.15) is 11.5 Å². The van der Waals surface area contributed by atoms with Gasteiger partial charge in [-0.1, -0.05) is 31.2 Å². The average Bonchev–Trinajstić information content (AvgIpc) is 2.72. The molecule has 0 radical (unpaired) electrons. The molecule has 28 heavy (non-hydrogen) atoms. The second-order valence-corrected chi connectivity index (χ2v) is 6.07. The highest BCUT2D eigenvalue weighted by Gasteiger charge is 2.15. The zero-order valence-electron chi connectivity index (χ0n) is 16.4. The van der Waals surface area contributed by atoms with Crippen LogP contribution in [0.3, 0.4) is 0 Å². The first-order valence-corrected chi connectivity index (χ1v) is 9.28. The van der Waals surface area contributed by atoms with E-state index < -0.39 is 17.9 Å². The highest BCUT2D eigenvalue weighted by Crippen LogP contribution is 2.18. The largest absolute Gasteiger partial charge is 0.494 e. The van der Waals surface area contributed by atoms with Crippen molar-refractivity contribution in [2.24, 2.45) is 0 Å². The molecule has 6 nitrogen and oxygen atoms in total. The molecule has 0 bridgehead atoms. The highest BCUT2D eigenvalue weighted by molar-refractivity contribution is 5.93. The van der Waals surface area contributed by atoms with Crippen molar-refractivity contribution in [2.75, 3.05) is 6.61 Å². The van der Waals surface area contributed by atoms with E-state index in [-0.39, 0.29) is 0 Å². The molecule has 0 aliphatic carbocycles. The molecular formula is C22H26N2O4. The molecule has 2 N–H and O–H groups in total. The fraction of sp³-hybridized carbons (Fsp3) is 0.273. The minimum Gasteiger partial charge on any atom is -0.494 e. The lowest BCUT2D eigenvalue weighted by atomic mass is 10.1. The summed E-state index contributed by atoms with van der Waals surface area (Å²) in [5.41, 5.74) is 6.83. The van der Waals surface area contributed by atoms with Crippen molar-refractivity contribution in [1.29, 1.82) is 0 Å². The molecule has 2 aromatic carbocycles. The standard InChI is InChI=1S/C22H26N2O4/c1-4-17-6-8-18(9-7-17)10-15-21(25)23-24-22(26)16(3)28-20-13-11-19(12-14-20)27-5-2/h6-16H,4-5H2,1-3H3,(H,23,25)(H,24,26)/b15-10+/t16-/m0/s1. The molecule has 0 aromatic heterocycles. The molecular weight excluding hydrogens is 356 g/mol. The first-order chi connectivity index (χ1) is 13.5. The Kier molecular flexibility index (Phi) is 8.09. The molecule has 0 aliphatic rings. The van der Waals surface area contributed by atoms with E-state index >= 15 is 0 Å². The van der Waals surface area contributed by atoms with Gasteiger partial charge in [0.25, 0.3) is 11.8 Å². The van der Waals surface area contributed by atoms with Gasteiger partial charge in [-0.15, -0.1) is 0 Å². The number of hydrazine groups is 1. The topological polar surface area (TPSA) is 76.7 Å². The van der Waals surface area contributed by atoms with Crippen LogP contribution >= 0.6 is 0 Å². The lowest BCUT2D eigenvalue weighted by Gasteiger charge is -2.15. The molecule has 0 heterocycles. The summed E-state index contributed by atoms with van der Waals surface area (Å²) >= 11 is 0. The number of benzene rings is 2. The van der Waals surface area contributed by atoms with Gasteiger partial charge in [-0.05, 0) is 61.7 Å². The molecule has 0 saturated heterocycles. The van der Waals surface area contributed by atoms with Crippen molar-refractivity contribution in [3.63, 3.8) is 0 Å². The zero-order chi connectivity index (χ0) is 20.4. The Labute approximate surface area is 165 Å². The number of hydrogen-bond acceptors (Lipinski definition) is 4. The predicted molar refractivity (Wildman–Crippen MR) is 109 cm³/mol. The average molecular weight is 382 g/mol. The van der Waals surface area contributed by atoms with E-state index in [1.807, 2.05) is 31.2 Å². The van der Waals surface area contributed by atoms with Crippen molar-refractivity contribution in [3.8, 4) is 11.5 Å². The van der Waals surface area contributed by atoms with Gasteiger partial charge in [-0.2, -0.15) is 0 Å². The predicted octanol–water partition coefficient (Wildman–Crippen LogP) is 3.28. The molecule has 148 valence electrons. The van der Waals surface area contributed by atoms with E-state index in [4.69, 9.17) is 9.47 Å². The summed E-state index contributed by atoms with van der Waals surface area (Å²) < 4.78 is 10.9. The van der Waals surface area contributed by atoms with Crippen LogP contribution in [0.4, 0.5) is 0 Å². The van der Waals surface area contributed by atoms with Crippen LogP contribution in [0.15, 0.2) is 54.6 Å². The molecule has 0 spiro atoms. The first-order valence-electron chi connectivity index (χ1n) is 9.28. The number of rotatable bonds is 8. The van der Waals surface area contributed by atoms with E-state index in [2.05, 4.69) is 17.8 Å². The van der Waals surface area contributed by atoms with Crippen molar-refractivity contribution >= 4 is 17.9 Å². The van der Waals surface area contributed by atoms with E-state index in [9.17, 15) is 9.59 Å². The molecule has 0 saturated carbocycles. The van der Waals surface area contributed by atoms with Gasteiger partial charge >= 0.3 is 0 Å². The van der Waals surface area contributed by atoms with Gasteiger partial charge in [0.2, 0.25) is 0 Å². The summed E-state index contributed by atoms with van der Waals surface area (Å²) in [6, 6.07) is 14.9. The third-order valence-electron chi connectivity index (χ3n) is 3.94. The van der Waals surface area contributed by atoms with E-state index in [1.54, 1.807) is 37.3 Å².